The van der Waals surface area contributed by atoms with Crippen LogP contribution in [0, 0.1) is 13.8 Å². The van der Waals surface area contributed by atoms with E-state index in [1.807, 2.05) is 19.9 Å². The number of anilines is 1. The van der Waals surface area contributed by atoms with Crippen molar-refractivity contribution < 1.29 is 9.59 Å². The second kappa shape index (κ2) is 5.41. The summed E-state index contributed by atoms with van der Waals surface area (Å²) in [6.07, 6.45) is 0.959. The van der Waals surface area contributed by atoms with E-state index in [0.29, 0.717) is 22.3 Å². The predicted molar refractivity (Wildman–Crippen MR) is 88.0 cm³/mol. The first-order valence-corrected chi connectivity index (χ1v) is 7.62. The van der Waals surface area contributed by atoms with Crippen LogP contribution in [0.1, 0.15) is 56.3 Å². The molecule has 0 saturated carbocycles. The van der Waals surface area contributed by atoms with Crippen LogP contribution in [0.5, 0.6) is 0 Å². The number of carbonyl (C=O) groups excluding carboxylic acids is 2. The lowest BCUT2D eigenvalue weighted by atomic mass is 9.80. The molecule has 1 aliphatic carbocycles. The molecule has 0 atom stereocenters. The summed E-state index contributed by atoms with van der Waals surface area (Å²) in [6, 6.07) is 9.05. The fourth-order valence-corrected chi connectivity index (χ4v) is 2.98. The van der Waals surface area contributed by atoms with Crippen molar-refractivity contribution in [3.8, 4) is 0 Å². The highest BCUT2D eigenvalue weighted by Gasteiger charge is 2.33. The number of hydrogen-bond donors (Lipinski definition) is 1. The van der Waals surface area contributed by atoms with E-state index < -0.39 is 0 Å². The highest BCUT2D eigenvalue weighted by atomic mass is 16.1. The van der Waals surface area contributed by atoms with Gasteiger partial charge in [-0.2, -0.15) is 0 Å². The Labute approximate surface area is 130 Å². The first-order chi connectivity index (χ1) is 10.6. The molecule has 0 heterocycles. The van der Waals surface area contributed by atoms with Gasteiger partial charge in [0.05, 0.1) is 5.56 Å². The number of hydrogen-bond acceptors (Lipinski definition) is 3. The molecule has 0 fully saturated rings. The Morgan fingerprint density at radius 2 is 1.55 bits per heavy atom. The van der Waals surface area contributed by atoms with Crippen LogP contribution in [0.2, 0.25) is 0 Å². The number of nitrogens with one attached hydrogen (secondary N) is 1. The molecule has 0 bridgehead atoms. The van der Waals surface area contributed by atoms with Crippen molar-refractivity contribution in [2.24, 2.45) is 0 Å². The number of benzene rings is 2. The van der Waals surface area contributed by atoms with Gasteiger partial charge >= 0.3 is 0 Å². The molecule has 0 amide bonds. The highest BCUT2D eigenvalue weighted by Crippen LogP contribution is 2.35. The average Bonchev–Trinajstić information content (AvgIpc) is 2.53. The zero-order valence-corrected chi connectivity index (χ0v) is 13.1. The minimum Gasteiger partial charge on any atom is -0.384 e. The van der Waals surface area contributed by atoms with E-state index in [1.165, 1.54) is 0 Å². The summed E-state index contributed by atoms with van der Waals surface area (Å²) in [7, 11) is 0. The van der Waals surface area contributed by atoms with Crippen LogP contribution in [0.25, 0.3) is 0 Å². The van der Waals surface area contributed by atoms with Crippen molar-refractivity contribution in [3.63, 3.8) is 0 Å². The SMILES string of the molecule is CCCNc1cc(C)c(C)c2c1C(=O)c1ccccc1C2=O. The molecule has 0 radical (unpaired) electrons. The number of fused-ring (bicyclic) bond motifs is 2. The molecule has 0 unspecified atom stereocenters. The lowest BCUT2D eigenvalue weighted by molar-refractivity contribution is 0.0979. The van der Waals surface area contributed by atoms with Crippen LogP contribution >= 0.6 is 0 Å². The molecule has 0 spiro atoms. The molecular weight excluding hydrogens is 274 g/mol. The molecule has 0 aromatic heterocycles. The fourth-order valence-electron chi connectivity index (χ4n) is 2.98. The summed E-state index contributed by atoms with van der Waals surface area (Å²) in [5.41, 5.74) is 4.79. The number of carbonyl (C=O) groups is 2. The monoisotopic (exact) mass is 293 g/mol. The molecule has 3 rings (SSSR count). The van der Waals surface area contributed by atoms with Gasteiger partial charge in [0.2, 0.25) is 0 Å². The van der Waals surface area contributed by atoms with Crippen molar-refractivity contribution in [1.82, 2.24) is 0 Å². The van der Waals surface area contributed by atoms with E-state index in [1.54, 1.807) is 24.3 Å². The molecule has 0 aliphatic heterocycles. The van der Waals surface area contributed by atoms with Crippen molar-refractivity contribution in [2.45, 2.75) is 27.2 Å². The van der Waals surface area contributed by atoms with Gasteiger partial charge in [-0.3, -0.25) is 9.59 Å². The minimum absolute atomic E-state index is 0.0500. The molecule has 2 aromatic rings. The van der Waals surface area contributed by atoms with Gasteiger partial charge in [-0.05, 0) is 37.5 Å². The van der Waals surface area contributed by atoms with Gasteiger partial charge < -0.3 is 5.32 Å². The second-order valence-corrected chi connectivity index (χ2v) is 5.75. The Morgan fingerprint density at radius 3 is 2.14 bits per heavy atom. The smallest absolute Gasteiger partial charge is 0.196 e. The number of aryl methyl sites for hydroxylation is 1. The molecule has 2 aromatic carbocycles. The molecule has 112 valence electrons. The largest absolute Gasteiger partial charge is 0.384 e. The predicted octanol–water partition coefficient (Wildman–Crippen LogP) is 3.90. The summed E-state index contributed by atoms with van der Waals surface area (Å²) < 4.78 is 0. The van der Waals surface area contributed by atoms with Gasteiger partial charge in [-0.25, -0.2) is 0 Å². The van der Waals surface area contributed by atoms with E-state index in [2.05, 4.69) is 12.2 Å². The molecule has 3 nitrogen and oxygen atoms in total. The summed E-state index contributed by atoms with van der Waals surface area (Å²) in [4.78, 5) is 25.8. The van der Waals surface area contributed by atoms with Crippen molar-refractivity contribution in [1.29, 1.82) is 0 Å². The third kappa shape index (κ3) is 2.05. The van der Waals surface area contributed by atoms with E-state index >= 15 is 0 Å². The fraction of sp³-hybridized carbons (Fsp3) is 0.263. The Morgan fingerprint density at radius 1 is 0.955 bits per heavy atom. The quantitative estimate of drug-likeness (QED) is 0.796. The summed E-state index contributed by atoms with van der Waals surface area (Å²) in [5, 5.41) is 3.30. The Kier molecular flexibility index (Phi) is 3.57. The summed E-state index contributed by atoms with van der Waals surface area (Å²) >= 11 is 0. The van der Waals surface area contributed by atoms with Gasteiger partial charge in [0.25, 0.3) is 0 Å². The summed E-state index contributed by atoms with van der Waals surface area (Å²) in [6.45, 7) is 6.74. The topological polar surface area (TPSA) is 46.2 Å². The molecule has 22 heavy (non-hydrogen) atoms. The first kappa shape index (κ1) is 14.5. The number of rotatable bonds is 3. The Balaban J connectivity index is 2.29. The van der Waals surface area contributed by atoms with Crippen LogP contribution in [0.15, 0.2) is 30.3 Å². The maximum absolute atomic E-state index is 12.9. The zero-order valence-electron chi connectivity index (χ0n) is 13.1. The molecule has 1 aliphatic rings. The molecular formula is C19H19NO2. The van der Waals surface area contributed by atoms with Gasteiger partial charge in [0.15, 0.2) is 11.6 Å². The van der Waals surface area contributed by atoms with Crippen LogP contribution in [0.3, 0.4) is 0 Å². The maximum Gasteiger partial charge on any atom is 0.196 e. The van der Waals surface area contributed by atoms with E-state index in [9.17, 15) is 9.59 Å². The highest BCUT2D eigenvalue weighted by molar-refractivity contribution is 6.30. The van der Waals surface area contributed by atoms with E-state index in [0.717, 1.165) is 29.8 Å². The van der Waals surface area contributed by atoms with Crippen LogP contribution in [-0.2, 0) is 0 Å². The minimum atomic E-state index is -0.0631. The van der Waals surface area contributed by atoms with E-state index in [4.69, 9.17) is 0 Å². The van der Waals surface area contributed by atoms with E-state index in [-0.39, 0.29) is 11.6 Å². The van der Waals surface area contributed by atoms with Gasteiger partial charge in [-0.1, -0.05) is 31.2 Å². The third-order valence-electron chi connectivity index (χ3n) is 4.28. The molecule has 0 saturated heterocycles. The second-order valence-electron chi connectivity index (χ2n) is 5.75. The van der Waals surface area contributed by atoms with Crippen molar-refractivity contribution >= 4 is 17.3 Å². The molecule has 3 heteroatoms. The average molecular weight is 293 g/mol. The van der Waals surface area contributed by atoms with Crippen LogP contribution in [-0.4, -0.2) is 18.1 Å². The van der Waals surface area contributed by atoms with Gasteiger partial charge in [-0.15, -0.1) is 0 Å². The van der Waals surface area contributed by atoms with Crippen molar-refractivity contribution in [3.05, 3.63) is 63.7 Å². The Bertz CT molecular complexity index is 790. The summed E-state index contributed by atoms with van der Waals surface area (Å²) in [5.74, 6) is -0.113. The standard InChI is InChI=1S/C19H19NO2/c1-4-9-20-15-10-11(2)12(3)16-17(15)19(22)14-8-6-5-7-13(14)18(16)21/h5-8,10,20H,4,9H2,1-3H3. The van der Waals surface area contributed by atoms with Crippen LogP contribution < -0.4 is 5.32 Å². The normalized spacial score (nSPS) is 12.9. The van der Waals surface area contributed by atoms with Crippen molar-refractivity contribution in [2.75, 3.05) is 11.9 Å². The lowest BCUT2D eigenvalue weighted by Crippen LogP contribution is -2.24. The first-order valence-electron chi connectivity index (χ1n) is 7.62. The lowest BCUT2D eigenvalue weighted by Gasteiger charge is -2.23. The maximum atomic E-state index is 12.9. The number of ketones is 2. The van der Waals surface area contributed by atoms with Gasteiger partial charge in [0.1, 0.15) is 0 Å². The zero-order chi connectivity index (χ0) is 15.9. The van der Waals surface area contributed by atoms with Crippen LogP contribution in [0.4, 0.5) is 5.69 Å². The molecule has 1 N–H and O–H groups in total. The Hall–Kier alpha value is -2.42. The van der Waals surface area contributed by atoms with Gasteiger partial charge in [0, 0.05) is 28.9 Å². The third-order valence-corrected chi connectivity index (χ3v) is 4.28.